The highest BCUT2D eigenvalue weighted by Gasteiger charge is 2.29. The van der Waals surface area contributed by atoms with Gasteiger partial charge in [0.05, 0.1) is 0 Å². The summed E-state index contributed by atoms with van der Waals surface area (Å²) in [6.45, 7) is 0.137. The number of fused-ring (bicyclic) bond motifs is 1. The second kappa shape index (κ2) is 6.69. The first-order valence-corrected chi connectivity index (χ1v) is 8.05. The Morgan fingerprint density at radius 1 is 0.800 bits per heavy atom. The van der Waals surface area contributed by atoms with Crippen LogP contribution in [0.5, 0.6) is 17.2 Å². The van der Waals surface area contributed by atoms with Crippen LogP contribution in [0.4, 0.5) is 0 Å². The lowest BCUT2D eigenvalue weighted by molar-refractivity contribution is -0.144. The summed E-state index contributed by atoms with van der Waals surface area (Å²) in [7, 11) is 0. The van der Waals surface area contributed by atoms with Crippen molar-refractivity contribution >= 4 is 5.97 Å². The highest BCUT2D eigenvalue weighted by atomic mass is 16.6. The molecule has 25 heavy (non-hydrogen) atoms. The smallest absolute Gasteiger partial charge is 0.356 e. The predicted octanol–water partition coefficient (Wildman–Crippen LogP) is 4.10. The van der Waals surface area contributed by atoms with Gasteiger partial charge in [-0.2, -0.15) is 0 Å². The molecule has 1 aliphatic heterocycles. The fourth-order valence-corrected chi connectivity index (χ4v) is 2.66. The van der Waals surface area contributed by atoms with E-state index in [4.69, 9.17) is 14.2 Å². The molecule has 4 heteroatoms. The van der Waals surface area contributed by atoms with Gasteiger partial charge >= 0.3 is 5.97 Å². The van der Waals surface area contributed by atoms with Crippen molar-refractivity contribution in [1.29, 1.82) is 0 Å². The monoisotopic (exact) mass is 332 g/mol. The van der Waals surface area contributed by atoms with Crippen LogP contribution >= 0.6 is 0 Å². The second-order valence-corrected chi connectivity index (χ2v) is 5.68. The fraction of sp³-hybridized carbons (Fsp3) is 0.0952. The van der Waals surface area contributed by atoms with E-state index in [1.165, 1.54) is 0 Å². The van der Waals surface area contributed by atoms with E-state index >= 15 is 0 Å². The Morgan fingerprint density at radius 2 is 1.44 bits per heavy atom. The summed E-state index contributed by atoms with van der Waals surface area (Å²) in [5.41, 5.74) is 2.17. The van der Waals surface area contributed by atoms with Crippen LogP contribution in [0.2, 0.25) is 0 Å². The zero-order chi connectivity index (χ0) is 17.1. The zero-order valence-electron chi connectivity index (χ0n) is 13.4. The third-order valence-corrected chi connectivity index (χ3v) is 3.95. The molecule has 0 aliphatic carbocycles. The molecule has 0 amide bonds. The van der Waals surface area contributed by atoms with E-state index in [9.17, 15) is 4.79 Å². The molecule has 4 nitrogen and oxygen atoms in total. The van der Waals surface area contributed by atoms with Crippen molar-refractivity contribution < 1.29 is 19.0 Å². The van der Waals surface area contributed by atoms with Crippen LogP contribution < -0.4 is 14.2 Å². The van der Waals surface area contributed by atoms with Gasteiger partial charge < -0.3 is 14.2 Å². The summed E-state index contributed by atoms with van der Waals surface area (Å²) in [4.78, 5) is 12.3. The number of rotatable bonds is 3. The normalized spacial score (nSPS) is 15.4. The first kappa shape index (κ1) is 15.3. The lowest BCUT2D eigenvalue weighted by atomic mass is 10.1. The molecule has 1 atom stereocenters. The highest BCUT2D eigenvalue weighted by Crippen LogP contribution is 2.31. The van der Waals surface area contributed by atoms with E-state index in [1.807, 2.05) is 54.6 Å². The Labute approximate surface area is 145 Å². The molecule has 124 valence electrons. The molecule has 0 bridgehead atoms. The molecular formula is C21H16O4. The average molecular weight is 332 g/mol. The fourth-order valence-electron chi connectivity index (χ4n) is 2.66. The van der Waals surface area contributed by atoms with Gasteiger partial charge in [-0.05, 0) is 35.4 Å². The first-order valence-electron chi connectivity index (χ1n) is 8.05. The minimum atomic E-state index is -0.774. The molecule has 0 saturated carbocycles. The van der Waals surface area contributed by atoms with Gasteiger partial charge in [0.25, 0.3) is 0 Å². The predicted molar refractivity (Wildman–Crippen MR) is 93.9 cm³/mol. The Balaban J connectivity index is 1.43. The van der Waals surface area contributed by atoms with E-state index in [0.717, 1.165) is 11.1 Å². The SMILES string of the molecule is O=C(Oc1ccc(-c2ccccc2)cc1)[C@@H]1COc2ccccc2O1. The standard InChI is InChI=1S/C21H16O4/c22-21(20-14-23-18-8-4-5-9-19(18)25-20)24-17-12-10-16(11-13-17)15-6-2-1-3-7-15/h1-13,20H,14H2/t20-/m0/s1. The van der Waals surface area contributed by atoms with Gasteiger partial charge in [0, 0.05) is 0 Å². The molecule has 0 spiro atoms. The third kappa shape index (κ3) is 3.33. The molecular weight excluding hydrogens is 316 g/mol. The second-order valence-electron chi connectivity index (χ2n) is 5.68. The molecule has 0 saturated heterocycles. The van der Waals surface area contributed by atoms with Gasteiger partial charge in [0.15, 0.2) is 11.5 Å². The number of para-hydroxylation sites is 2. The largest absolute Gasteiger partial charge is 0.485 e. The minimum absolute atomic E-state index is 0.137. The van der Waals surface area contributed by atoms with Crippen molar-refractivity contribution in [3.05, 3.63) is 78.9 Å². The van der Waals surface area contributed by atoms with Crippen molar-refractivity contribution in [3.8, 4) is 28.4 Å². The lowest BCUT2D eigenvalue weighted by Gasteiger charge is -2.24. The van der Waals surface area contributed by atoms with E-state index in [2.05, 4.69) is 0 Å². The van der Waals surface area contributed by atoms with Crippen LogP contribution in [-0.4, -0.2) is 18.7 Å². The summed E-state index contributed by atoms with van der Waals surface area (Å²) < 4.78 is 16.6. The number of carbonyl (C=O) groups is 1. The van der Waals surface area contributed by atoms with Gasteiger partial charge in [-0.15, -0.1) is 0 Å². The first-order chi connectivity index (χ1) is 12.3. The van der Waals surface area contributed by atoms with Gasteiger partial charge in [0.2, 0.25) is 6.10 Å². The van der Waals surface area contributed by atoms with E-state index in [0.29, 0.717) is 17.2 Å². The van der Waals surface area contributed by atoms with Crippen molar-refractivity contribution in [2.45, 2.75) is 6.10 Å². The van der Waals surface area contributed by atoms with Gasteiger partial charge in [0.1, 0.15) is 12.4 Å². The van der Waals surface area contributed by atoms with Crippen molar-refractivity contribution in [1.82, 2.24) is 0 Å². The van der Waals surface area contributed by atoms with Crippen LogP contribution in [0.3, 0.4) is 0 Å². The van der Waals surface area contributed by atoms with Crippen LogP contribution in [0.15, 0.2) is 78.9 Å². The molecule has 0 unspecified atom stereocenters. The molecule has 4 rings (SSSR count). The molecule has 3 aromatic carbocycles. The maximum absolute atomic E-state index is 12.3. The van der Waals surface area contributed by atoms with Crippen LogP contribution in [0.1, 0.15) is 0 Å². The third-order valence-electron chi connectivity index (χ3n) is 3.95. The van der Waals surface area contributed by atoms with Crippen molar-refractivity contribution in [2.75, 3.05) is 6.61 Å². The topological polar surface area (TPSA) is 44.8 Å². The number of esters is 1. The van der Waals surface area contributed by atoms with Crippen LogP contribution in [0.25, 0.3) is 11.1 Å². The van der Waals surface area contributed by atoms with Crippen LogP contribution in [0, 0.1) is 0 Å². The highest BCUT2D eigenvalue weighted by molar-refractivity contribution is 5.78. The number of carbonyl (C=O) groups excluding carboxylic acids is 1. The summed E-state index contributed by atoms with van der Waals surface area (Å²) in [6, 6.07) is 24.7. The van der Waals surface area contributed by atoms with Gasteiger partial charge in [-0.3, -0.25) is 0 Å². The summed E-state index contributed by atoms with van der Waals surface area (Å²) in [6.07, 6.45) is -0.774. The van der Waals surface area contributed by atoms with Crippen molar-refractivity contribution in [3.63, 3.8) is 0 Å². The van der Waals surface area contributed by atoms with E-state index in [-0.39, 0.29) is 6.61 Å². The Bertz CT molecular complexity index is 872. The number of benzene rings is 3. The molecule has 1 heterocycles. The Kier molecular flexibility index (Phi) is 4.09. The number of hydrogen-bond acceptors (Lipinski definition) is 4. The number of hydrogen-bond donors (Lipinski definition) is 0. The summed E-state index contributed by atoms with van der Waals surface area (Å²) in [5.74, 6) is 1.20. The Hall–Kier alpha value is -3.27. The molecule has 0 aromatic heterocycles. The Morgan fingerprint density at radius 3 is 2.20 bits per heavy atom. The van der Waals surface area contributed by atoms with Gasteiger partial charge in [-0.1, -0.05) is 54.6 Å². The lowest BCUT2D eigenvalue weighted by Crippen LogP contribution is -2.39. The quantitative estimate of drug-likeness (QED) is 0.535. The van der Waals surface area contributed by atoms with E-state index < -0.39 is 12.1 Å². The molecule has 0 fully saturated rings. The molecule has 3 aromatic rings. The van der Waals surface area contributed by atoms with E-state index in [1.54, 1.807) is 24.3 Å². The number of ether oxygens (including phenoxy) is 3. The summed E-state index contributed by atoms with van der Waals surface area (Å²) in [5, 5.41) is 0. The zero-order valence-corrected chi connectivity index (χ0v) is 13.4. The van der Waals surface area contributed by atoms with Gasteiger partial charge in [-0.25, -0.2) is 4.79 Å². The summed E-state index contributed by atoms with van der Waals surface area (Å²) >= 11 is 0. The minimum Gasteiger partial charge on any atom is -0.485 e. The maximum atomic E-state index is 12.3. The molecule has 0 radical (unpaired) electrons. The van der Waals surface area contributed by atoms with Crippen molar-refractivity contribution in [2.24, 2.45) is 0 Å². The molecule has 0 N–H and O–H groups in total. The maximum Gasteiger partial charge on any atom is 0.356 e. The molecule has 1 aliphatic rings. The van der Waals surface area contributed by atoms with Crippen LogP contribution in [-0.2, 0) is 4.79 Å². The average Bonchev–Trinajstić information content (AvgIpc) is 2.69.